The Morgan fingerprint density at radius 2 is 2.27 bits per heavy atom. The molecule has 7 heteroatoms. The summed E-state index contributed by atoms with van der Waals surface area (Å²) >= 11 is 5.52. The van der Waals surface area contributed by atoms with E-state index in [4.69, 9.17) is 16.7 Å². The molecule has 1 rings (SSSR count). The number of carboxylic acids is 1. The smallest absolute Gasteiger partial charge is 0.354 e. The van der Waals surface area contributed by atoms with Crippen molar-refractivity contribution in [1.29, 1.82) is 0 Å². The molecule has 4 nitrogen and oxygen atoms in total. The highest BCUT2D eigenvalue weighted by Gasteiger charge is 2.20. The van der Waals surface area contributed by atoms with Gasteiger partial charge in [-0.1, -0.05) is 11.6 Å². The first kappa shape index (κ1) is 11.6. The standard InChI is InChI=1S/C8H6ClF2NO3/c1-15-7-5(9)3(6(10)11)2-4(12-7)8(13)14/h2,6H,1H3,(H,13,14). The summed E-state index contributed by atoms with van der Waals surface area (Å²) in [4.78, 5) is 14.0. The van der Waals surface area contributed by atoms with Crippen LogP contribution in [0.1, 0.15) is 22.5 Å². The molecule has 0 aliphatic heterocycles. The highest BCUT2D eigenvalue weighted by Crippen LogP contribution is 2.33. The molecule has 0 saturated heterocycles. The van der Waals surface area contributed by atoms with Crippen LogP contribution >= 0.6 is 11.6 Å². The molecule has 0 aliphatic carbocycles. The van der Waals surface area contributed by atoms with Crippen molar-refractivity contribution in [2.45, 2.75) is 6.43 Å². The van der Waals surface area contributed by atoms with Gasteiger partial charge >= 0.3 is 5.97 Å². The van der Waals surface area contributed by atoms with Crippen LogP contribution in [0.25, 0.3) is 0 Å². The molecule has 0 bridgehead atoms. The van der Waals surface area contributed by atoms with Gasteiger partial charge in [0, 0.05) is 5.56 Å². The fourth-order valence-electron chi connectivity index (χ4n) is 0.928. The van der Waals surface area contributed by atoms with Gasteiger partial charge in [0.25, 0.3) is 6.43 Å². The van der Waals surface area contributed by atoms with Gasteiger partial charge in [0.05, 0.1) is 7.11 Å². The number of hydrogen-bond acceptors (Lipinski definition) is 3. The van der Waals surface area contributed by atoms with E-state index >= 15 is 0 Å². The van der Waals surface area contributed by atoms with E-state index in [1.54, 1.807) is 0 Å². The van der Waals surface area contributed by atoms with Gasteiger partial charge < -0.3 is 9.84 Å². The second-order valence-electron chi connectivity index (χ2n) is 2.53. The van der Waals surface area contributed by atoms with Gasteiger partial charge in [-0.15, -0.1) is 0 Å². The molecule has 0 atom stereocenters. The lowest BCUT2D eigenvalue weighted by molar-refractivity contribution is 0.0689. The number of nitrogens with zero attached hydrogens (tertiary/aromatic N) is 1. The molecule has 1 aromatic heterocycles. The van der Waals surface area contributed by atoms with Crippen LogP contribution in [0, 0.1) is 0 Å². The number of methoxy groups -OCH3 is 1. The molecule has 0 radical (unpaired) electrons. The molecule has 1 heterocycles. The van der Waals surface area contributed by atoms with Crippen LogP contribution in [-0.2, 0) is 0 Å². The van der Waals surface area contributed by atoms with E-state index in [2.05, 4.69) is 9.72 Å². The predicted octanol–water partition coefficient (Wildman–Crippen LogP) is 2.38. The first-order chi connectivity index (χ1) is 6.97. The quantitative estimate of drug-likeness (QED) is 0.877. The highest BCUT2D eigenvalue weighted by molar-refractivity contribution is 6.32. The third kappa shape index (κ3) is 2.33. The molecule has 82 valence electrons. The number of carbonyl (C=O) groups is 1. The number of pyridine rings is 1. The number of hydrogen-bond donors (Lipinski definition) is 1. The maximum atomic E-state index is 12.4. The van der Waals surface area contributed by atoms with Crippen LogP contribution < -0.4 is 4.74 Å². The Morgan fingerprint density at radius 3 is 2.67 bits per heavy atom. The van der Waals surface area contributed by atoms with Crippen molar-refractivity contribution in [2.24, 2.45) is 0 Å². The van der Waals surface area contributed by atoms with Crippen LogP contribution in [-0.4, -0.2) is 23.2 Å². The Hall–Kier alpha value is -1.43. The summed E-state index contributed by atoms with van der Waals surface area (Å²) in [6.07, 6.45) is -2.88. The molecule has 1 aromatic rings. The second-order valence-corrected chi connectivity index (χ2v) is 2.90. The lowest BCUT2D eigenvalue weighted by Crippen LogP contribution is -2.04. The van der Waals surface area contributed by atoms with E-state index in [-0.39, 0.29) is 10.9 Å². The molecule has 0 fully saturated rings. The number of rotatable bonds is 3. The van der Waals surface area contributed by atoms with Gasteiger partial charge in [0.2, 0.25) is 5.88 Å². The number of alkyl halides is 2. The Bertz CT molecular complexity index is 398. The molecule has 15 heavy (non-hydrogen) atoms. The molecule has 1 N–H and O–H groups in total. The molecule has 0 amide bonds. The SMILES string of the molecule is COc1nc(C(=O)O)cc(C(F)F)c1Cl. The molecule has 0 spiro atoms. The monoisotopic (exact) mass is 237 g/mol. The van der Waals surface area contributed by atoms with Gasteiger partial charge in [0.15, 0.2) is 5.69 Å². The summed E-state index contributed by atoms with van der Waals surface area (Å²) < 4.78 is 29.4. The van der Waals surface area contributed by atoms with Gasteiger partial charge in [-0.25, -0.2) is 18.6 Å². The van der Waals surface area contributed by atoms with Gasteiger partial charge in [-0.05, 0) is 6.07 Å². The number of aromatic nitrogens is 1. The Labute approximate surface area is 88.4 Å². The van der Waals surface area contributed by atoms with Crippen molar-refractivity contribution in [1.82, 2.24) is 4.98 Å². The average molecular weight is 238 g/mol. The Kier molecular flexibility index (Phi) is 3.41. The maximum absolute atomic E-state index is 12.4. The van der Waals surface area contributed by atoms with Crippen molar-refractivity contribution in [3.63, 3.8) is 0 Å². The summed E-state index contributed by atoms with van der Waals surface area (Å²) in [6.45, 7) is 0. The second kappa shape index (κ2) is 4.39. The molecular formula is C8H6ClF2NO3. The number of aromatic carboxylic acids is 1. The molecule has 0 saturated carbocycles. The van der Waals surface area contributed by atoms with Crippen molar-refractivity contribution in [3.8, 4) is 5.88 Å². The first-order valence-corrected chi connectivity index (χ1v) is 4.11. The minimum absolute atomic E-state index is 0.327. The van der Waals surface area contributed by atoms with E-state index in [1.807, 2.05) is 0 Å². The van der Waals surface area contributed by atoms with Crippen LogP contribution in [0.15, 0.2) is 6.07 Å². The largest absolute Gasteiger partial charge is 0.480 e. The minimum Gasteiger partial charge on any atom is -0.480 e. The third-order valence-electron chi connectivity index (χ3n) is 1.60. The molecule has 0 unspecified atom stereocenters. The van der Waals surface area contributed by atoms with Gasteiger partial charge in [0.1, 0.15) is 5.02 Å². The zero-order valence-electron chi connectivity index (χ0n) is 7.50. The normalized spacial score (nSPS) is 10.5. The first-order valence-electron chi connectivity index (χ1n) is 3.73. The van der Waals surface area contributed by atoms with Gasteiger partial charge in [-0.3, -0.25) is 0 Å². The van der Waals surface area contributed by atoms with Crippen LogP contribution in [0.5, 0.6) is 5.88 Å². The summed E-state index contributed by atoms with van der Waals surface area (Å²) in [5.74, 6) is -1.75. The number of halogens is 3. The number of ether oxygens (including phenoxy) is 1. The fourth-order valence-corrected chi connectivity index (χ4v) is 1.18. The van der Waals surface area contributed by atoms with E-state index in [1.165, 1.54) is 0 Å². The van der Waals surface area contributed by atoms with Crippen LogP contribution in [0.4, 0.5) is 8.78 Å². The lowest BCUT2D eigenvalue weighted by Gasteiger charge is -2.08. The average Bonchev–Trinajstić information content (AvgIpc) is 2.17. The van der Waals surface area contributed by atoms with E-state index < -0.39 is 23.7 Å². The molecular weight excluding hydrogens is 232 g/mol. The van der Waals surface area contributed by atoms with Crippen molar-refractivity contribution >= 4 is 17.6 Å². The van der Waals surface area contributed by atoms with E-state index in [0.29, 0.717) is 0 Å². The summed E-state index contributed by atoms with van der Waals surface area (Å²) in [5.41, 5.74) is -1.15. The van der Waals surface area contributed by atoms with Gasteiger partial charge in [-0.2, -0.15) is 0 Å². The zero-order valence-corrected chi connectivity index (χ0v) is 8.26. The fraction of sp³-hybridized carbons (Fsp3) is 0.250. The zero-order chi connectivity index (χ0) is 11.6. The van der Waals surface area contributed by atoms with E-state index in [0.717, 1.165) is 13.2 Å². The van der Waals surface area contributed by atoms with Crippen LogP contribution in [0.2, 0.25) is 5.02 Å². The van der Waals surface area contributed by atoms with Crippen molar-refractivity contribution < 1.29 is 23.4 Å². The third-order valence-corrected chi connectivity index (χ3v) is 1.98. The summed E-state index contributed by atoms with van der Waals surface area (Å²) in [7, 11) is 1.16. The molecule has 0 aliphatic rings. The summed E-state index contributed by atoms with van der Waals surface area (Å²) in [5, 5.41) is 8.22. The van der Waals surface area contributed by atoms with Crippen molar-refractivity contribution in [3.05, 3.63) is 22.3 Å². The Balaban J connectivity index is 3.38. The van der Waals surface area contributed by atoms with Crippen LogP contribution in [0.3, 0.4) is 0 Å². The topological polar surface area (TPSA) is 59.4 Å². The van der Waals surface area contributed by atoms with Crippen molar-refractivity contribution in [2.75, 3.05) is 7.11 Å². The number of carboxylic acid groups (broad SMARTS) is 1. The lowest BCUT2D eigenvalue weighted by atomic mass is 10.2. The molecule has 0 aromatic carbocycles. The Morgan fingerprint density at radius 1 is 1.67 bits per heavy atom. The minimum atomic E-state index is -2.88. The highest BCUT2D eigenvalue weighted by atomic mass is 35.5. The predicted molar refractivity (Wildman–Crippen MR) is 47.7 cm³/mol. The maximum Gasteiger partial charge on any atom is 0.354 e. The van der Waals surface area contributed by atoms with E-state index in [9.17, 15) is 13.6 Å². The summed E-state index contributed by atoms with van der Waals surface area (Å²) in [6, 6.07) is 0.720.